The van der Waals surface area contributed by atoms with Gasteiger partial charge in [0, 0.05) is 6.42 Å². The molecular formula is C8H7ClN2O. The Bertz CT molecular complexity index is 338. The summed E-state index contributed by atoms with van der Waals surface area (Å²) in [6, 6.07) is 0. The summed E-state index contributed by atoms with van der Waals surface area (Å²) >= 11 is 5.78. The highest BCUT2D eigenvalue weighted by atomic mass is 35.5. The standard InChI is InChI=1S/C8H7ClN2O/c1-5-2-6-7(12-3-5)8(9)11-4-10-6/h4H,1-3H2. The van der Waals surface area contributed by atoms with Gasteiger partial charge in [-0.15, -0.1) is 0 Å². The van der Waals surface area contributed by atoms with Crippen molar-refractivity contribution < 1.29 is 4.74 Å². The maximum absolute atomic E-state index is 5.78. The van der Waals surface area contributed by atoms with Crippen molar-refractivity contribution in [3.8, 4) is 5.75 Å². The van der Waals surface area contributed by atoms with Gasteiger partial charge in [0.1, 0.15) is 12.9 Å². The fourth-order valence-electron chi connectivity index (χ4n) is 1.12. The third kappa shape index (κ3) is 1.16. The van der Waals surface area contributed by atoms with E-state index in [9.17, 15) is 0 Å². The van der Waals surface area contributed by atoms with Crippen molar-refractivity contribution >= 4 is 11.6 Å². The average molecular weight is 183 g/mol. The summed E-state index contributed by atoms with van der Waals surface area (Å²) in [4.78, 5) is 7.87. The lowest BCUT2D eigenvalue weighted by atomic mass is 10.1. The zero-order valence-corrected chi connectivity index (χ0v) is 7.14. The molecule has 0 fully saturated rings. The predicted molar refractivity (Wildman–Crippen MR) is 45.4 cm³/mol. The van der Waals surface area contributed by atoms with Crippen molar-refractivity contribution in [1.29, 1.82) is 0 Å². The van der Waals surface area contributed by atoms with Crippen molar-refractivity contribution in [1.82, 2.24) is 9.97 Å². The van der Waals surface area contributed by atoms with Gasteiger partial charge >= 0.3 is 0 Å². The first-order valence-corrected chi connectivity index (χ1v) is 3.94. The van der Waals surface area contributed by atoms with E-state index in [4.69, 9.17) is 16.3 Å². The van der Waals surface area contributed by atoms with E-state index in [1.54, 1.807) is 0 Å². The van der Waals surface area contributed by atoms with Crippen LogP contribution in [0.2, 0.25) is 5.15 Å². The molecule has 0 bridgehead atoms. The third-order valence-corrected chi connectivity index (χ3v) is 1.94. The van der Waals surface area contributed by atoms with Crippen LogP contribution in [0.5, 0.6) is 5.75 Å². The molecule has 0 radical (unpaired) electrons. The van der Waals surface area contributed by atoms with Gasteiger partial charge in [0.05, 0.1) is 5.69 Å². The van der Waals surface area contributed by atoms with Crippen molar-refractivity contribution in [3.63, 3.8) is 0 Å². The fraction of sp³-hybridized carbons (Fsp3) is 0.250. The lowest BCUT2D eigenvalue weighted by Gasteiger charge is -2.17. The van der Waals surface area contributed by atoms with Crippen LogP contribution in [0.1, 0.15) is 5.69 Å². The molecule has 0 N–H and O–H groups in total. The summed E-state index contributed by atoms with van der Waals surface area (Å²) in [5, 5.41) is 0.382. The van der Waals surface area contributed by atoms with E-state index < -0.39 is 0 Å². The molecule has 1 aliphatic rings. The minimum absolute atomic E-state index is 0.382. The van der Waals surface area contributed by atoms with E-state index in [1.807, 2.05) is 0 Å². The van der Waals surface area contributed by atoms with Gasteiger partial charge in [0.25, 0.3) is 0 Å². The summed E-state index contributed by atoms with van der Waals surface area (Å²) in [5.41, 5.74) is 1.84. The zero-order valence-electron chi connectivity index (χ0n) is 6.38. The minimum Gasteiger partial charge on any atom is -0.484 e. The Morgan fingerprint density at radius 1 is 1.50 bits per heavy atom. The predicted octanol–water partition coefficient (Wildman–Crippen LogP) is 1.62. The molecule has 0 amide bonds. The molecule has 62 valence electrons. The molecule has 12 heavy (non-hydrogen) atoms. The van der Waals surface area contributed by atoms with Crippen LogP contribution in [0.4, 0.5) is 0 Å². The lowest BCUT2D eigenvalue weighted by Crippen LogP contribution is -2.13. The van der Waals surface area contributed by atoms with Crippen LogP contribution in [0.15, 0.2) is 18.5 Å². The SMILES string of the molecule is C=C1COc2c(Cl)ncnc2C1. The molecule has 0 saturated heterocycles. The zero-order chi connectivity index (χ0) is 8.55. The van der Waals surface area contributed by atoms with Crippen LogP contribution in [-0.2, 0) is 6.42 Å². The summed E-state index contributed by atoms with van der Waals surface area (Å²) in [7, 11) is 0. The van der Waals surface area contributed by atoms with Gasteiger partial charge in [0.15, 0.2) is 10.9 Å². The van der Waals surface area contributed by atoms with E-state index in [1.165, 1.54) is 6.33 Å². The number of ether oxygens (including phenoxy) is 1. The Morgan fingerprint density at radius 3 is 3.17 bits per heavy atom. The van der Waals surface area contributed by atoms with Crippen LogP contribution in [0, 0.1) is 0 Å². The van der Waals surface area contributed by atoms with Crippen molar-refractivity contribution in [3.05, 3.63) is 29.3 Å². The normalized spacial score (nSPS) is 15.2. The molecule has 3 nitrogen and oxygen atoms in total. The molecule has 0 spiro atoms. The Hall–Kier alpha value is -1.09. The number of rotatable bonds is 0. The number of hydrogen-bond acceptors (Lipinski definition) is 3. The molecule has 0 aliphatic carbocycles. The van der Waals surface area contributed by atoms with Crippen molar-refractivity contribution in [2.75, 3.05) is 6.61 Å². The van der Waals surface area contributed by atoms with E-state index >= 15 is 0 Å². The Balaban J connectivity index is 2.48. The van der Waals surface area contributed by atoms with Gasteiger partial charge in [-0.25, -0.2) is 9.97 Å². The van der Waals surface area contributed by atoms with Crippen LogP contribution in [0.3, 0.4) is 0 Å². The fourth-order valence-corrected chi connectivity index (χ4v) is 1.32. The minimum atomic E-state index is 0.382. The number of hydrogen-bond donors (Lipinski definition) is 0. The quantitative estimate of drug-likeness (QED) is 0.452. The van der Waals surface area contributed by atoms with E-state index in [2.05, 4.69) is 16.5 Å². The van der Waals surface area contributed by atoms with Crippen LogP contribution in [0.25, 0.3) is 0 Å². The first-order valence-electron chi connectivity index (χ1n) is 3.56. The second-order valence-electron chi connectivity index (χ2n) is 2.66. The molecular weight excluding hydrogens is 176 g/mol. The Kier molecular flexibility index (Phi) is 1.73. The van der Waals surface area contributed by atoms with E-state index in [-0.39, 0.29) is 0 Å². The molecule has 2 heterocycles. The molecule has 0 atom stereocenters. The molecule has 1 aromatic heterocycles. The second-order valence-corrected chi connectivity index (χ2v) is 3.01. The molecule has 0 unspecified atom stereocenters. The summed E-state index contributed by atoms with van der Waals surface area (Å²) in [6.07, 6.45) is 2.17. The van der Waals surface area contributed by atoms with Gasteiger partial charge in [-0.3, -0.25) is 0 Å². The summed E-state index contributed by atoms with van der Waals surface area (Å²) < 4.78 is 5.31. The monoisotopic (exact) mass is 182 g/mol. The average Bonchev–Trinajstić information content (AvgIpc) is 2.04. The molecule has 1 aromatic rings. The highest BCUT2D eigenvalue weighted by Crippen LogP contribution is 2.29. The molecule has 1 aliphatic heterocycles. The van der Waals surface area contributed by atoms with Gasteiger partial charge in [-0.05, 0) is 5.57 Å². The first kappa shape index (κ1) is 7.55. The third-order valence-electron chi connectivity index (χ3n) is 1.67. The number of aromatic nitrogens is 2. The van der Waals surface area contributed by atoms with E-state index in [0.717, 1.165) is 17.7 Å². The topological polar surface area (TPSA) is 35.0 Å². The lowest BCUT2D eigenvalue weighted by molar-refractivity contribution is 0.327. The Morgan fingerprint density at radius 2 is 2.33 bits per heavy atom. The number of halogens is 1. The van der Waals surface area contributed by atoms with E-state index in [0.29, 0.717) is 17.5 Å². The maximum Gasteiger partial charge on any atom is 0.178 e. The summed E-state index contributed by atoms with van der Waals surface area (Å²) in [5.74, 6) is 0.603. The Labute approximate surface area is 75.1 Å². The number of nitrogens with zero attached hydrogens (tertiary/aromatic N) is 2. The van der Waals surface area contributed by atoms with Gasteiger partial charge in [-0.1, -0.05) is 18.2 Å². The first-order chi connectivity index (χ1) is 5.77. The van der Waals surface area contributed by atoms with Gasteiger partial charge in [0.2, 0.25) is 0 Å². The highest BCUT2D eigenvalue weighted by molar-refractivity contribution is 6.30. The van der Waals surface area contributed by atoms with Crippen molar-refractivity contribution in [2.45, 2.75) is 6.42 Å². The molecule has 0 aromatic carbocycles. The van der Waals surface area contributed by atoms with Crippen LogP contribution < -0.4 is 4.74 Å². The van der Waals surface area contributed by atoms with Crippen molar-refractivity contribution in [2.24, 2.45) is 0 Å². The number of fused-ring (bicyclic) bond motifs is 1. The second kappa shape index (κ2) is 2.75. The molecule has 4 heteroatoms. The highest BCUT2D eigenvalue weighted by Gasteiger charge is 2.17. The molecule has 0 saturated carbocycles. The van der Waals surface area contributed by atoms with Crippen LogP contribution >= 0.6 is 11.6 Å². The van der Waals surface area contributed by atoms with Gasteiger partial charge in [-0.2, -0.15) is 0 Å². The summed E-state index contributed by atoms with van der Waals surface area (Å²) in [6.45, 7) is 4.33. The molecule has 2 rings (SSSR count). The van der Waals surface area contributed by atoms with Crippen LogP contribution in [-0.4, -0.2) is 16.6 Å². The smallest absolute Gasteiger partial charge is 0.178 e. The van der Waals surface area contributed by atoms with Gasteiger partial charge < -0.3 is 4.74 Å². The largest absolute Gasteiger partial charge is 0.484 e. The maximum atomic E-state index is 5.78.